The predicted octanol–water partition coefficient (Wildman–Crippen LogP) is 0.421. The number of hydrogen-bond acceptors (Lipinski definition) is 1. The third kappa shape index (κ3) is 1.51. The maximum atomic E-state index is 8.59. The molecule has 48 valence electrons. The standard InChI is InChI=1S/C7H5BIN/c8-6-1-2-7(9)5(3-6)4-10/h1-3H,8H2. The number of benzene rings is 1. The van der Waals surface area contributed by atoms with Gasteiger partial charge in [0, 0.05) is 3.57 Å². The van der Waals surface area contributed by atoms with E-state index in [1.54, 1.807) is 0 Å². The molecule has 1 aromatic rings. The molecule has 1 aromatic carbocycles. The Labute approximate surface area is 74.6 Å². The summed E-state index contributed by atoms with van der Waals surface area (Å²) in [6.45, 7) is 0. The van der Waals surface area contributed by atoms with E-state index in [2.05, 4.69) is 28.7 Å². The van der Waals surface area contributed by atoms with Gasteiger partial charge in [-0.1, -0.05) is 11.5 Å². The lowest BCUT2D eigenvalue weighted by molar-refractivity contribution is 1.47. The lowest BCUT2D eigenvalue weighted by Crippen LogP contribution is -2.02. The van der Waals surface area contributed by atoms with Crippen molar-refractivity contribution >= 4 is 35.9 Å². The van der Waals surface area contributed by atoms with Crippen LogP contribution >= 0.6 is 22.6 Å². The molecule has 0 aromatic heterocycles. The van der Waals surface area contributed by atoms with E-state index in [0.29, 0.717) is 0 Å². The Balaban J connectivity index is 3.25. The van der Waals surface area contributed by atoms with Crippen LogP contribution in [-0.2, 0) is 0 Å². The average molecular weight is 241 g/mol. The highest BCUT2D eigenvalue weighted by Crippen LogP contribution is 2.07. The SMILES string of the molecule is Bc1ccc(I)c(C#N)c1. The largest absolute Gasteiger partial charge is 0.192 e. The van der Waals surface area contributed by atoms with Gasteiger partial charge in [0.05, 0.1) is 5.56 Å². The number of nitrogens with zero attached hydrogens (tertiary/aromatic N) is 1. The number of hydrogen-bond donors (Lipinski definition) is 0. The molecule has 1 nitrogen and oxygen atoms in total. The monoisotopic (exact) mass is 241 g/mol. The number of nitriles is 1. The highest BCUT2D eigenvalue weighted by Gasteiger charge is 1.95. The summed E-state index contributed by atoms with van der Waals surface area (Å²) in [7, 11) is 1.98. The molecule has 0 amide bonds. The van der Waals surface area contributed by atoms with Gasteiger partial charge in [-0.2, -0.15) is 5.26 Å². The molecule has 0 spiro atoms. The fraction of sp³-hybridized carbons (Fsp3) is 0. The summed E-state index contributed by atoms with van der Waals surface area (Å²) in [6.07, 6.45) is 0. The van der Waals surface area contributed by atoms with E-state index in [1.165, 1.54) is 0 Å². The zero-order chi connectivity index (χ0) is 7.56. The van der Waals surface area contributed by atoms with Crippen LogP contribution in [0.4, 0.5) is 0 Å². The molecule has 0 heterocycles. The van der Waals surface area contributed by atoms with Gasteiger partial charge in [0.2, 0.25) is 0 Å². The summed E-state index contributed by atoms with van der Waals surface area (Å²) in [5, 5.41) is 8.59. The summed E-state index contributed by atoms with van der Waals surface area (Å²) in [5.41, 5.74) is 1.90. The second-order valence-electron chi connectivity index (χ2n) is 2.10. The summed E-state index contributed by atoms with van der Waals surface area (Å²) in [5.74, 6) is 0. The molecule has 1 rings (SSSR count). The van der Waals surface area contributed by atoms with E-state index in [4.69, 9.17) is 5.26 Å². The normalized spacial score (nSPS) is 8.80. The molecule has 0 aliphatic carbocycles. The van der Waals surface area contributed by atoms with Gasteiger partial charge in [0.15, 0.2) is 0 Å². The molecule has 0 aliphatic rings. The third-order valence-corrected chi connectivity index (χ3v) is 2.18. The minimum atomic E-state index is 0.764. The van der Waals surface area contributed by atoms with E-state index in [1.807, 2.05) is 26.0 Å². The zero-order valence-electron chi connectivity index (χ0n) is 5.56. The smallest absolute Gasteiger partial charge is 0.139 e. The van der Waals surface area contributed by atoms with Gasteiger partial charge < -0.3 is 0 Å². The molecule has 3 heteroatoms. The lowest BCUT2D eigenvalue weighted by atomic mass is 9.95. The molecule has 10 heavy (non-hydrogen) atoms. The fourth-order valence-electron chi connectivity index (χ4n) is 0.725. The van der Waals surface area contributed by atoms with Crippen molar-refractivity contribution in [1.82, 2.24) is 0 Å². The summed E-state index contributed by atoms with van der Waals surface area (Å²) >= 11 is 2.15. The third-order valence-electron chi connectivity index (χ3n) is 1.24. The number of rotatable bonds is 0. The van der Waals surface area contributed by atoms with Crippen LogP contribution in [0.1, 0.15) is 5.56 Å². The van der Waals surface area contributed by atoms with Gasteiger partial charge in [-0.3, -0.25) is 0 Å². The molecular weight excluding hydrogens is 236 g/mol. The van der Waals surface area contributed by atoms with Crippen molar-refractivity contribution in [2.24, 2.45) is 0 Å². The van der Waals surface area contributed by atoms with Gasteiger partial charge >= 0.3 is 0 Å². The second kappa shape index (κ2) is 3.06. The van der Waals surface area contributed by atoms with Crippen molar-refractivity contribution in [2.45, 2.75) is 0 Å². The first kappa shape index (κ1) is 7.61. The van der Waals surface area contributed by atoms with Crippen LogP contribution < -0.4 is 5.46 Å². The minimum absolute atomic E-state index is 0.764. The second-order valence-corrected chi connectivity index (χ2v) is 3.26. The van der Waals surface area contributed by atoms with Crippen LogP contribution in [0.15, 0.2) is 18.2 Å². The first-order chi connectivity index (χ1) is 4.74. The molecule has 0 aliphatic heterocycles. The Hall–Kier alpha value is -0.495. The van der Waals surface area contributed by atoms with Crippen molar-refractivity contribution in [1.29, 1.82) is 5.26 Å². The Morgan fingerprint density at radius 3 is 2.70 bits per heavy atom. The molecule has 0 bridgehead atoms. The van der Waals surface area contributed by atoms with Crippen LogP contribution in [-0.4, -0.2) is 7.85 Å². The van der Waals surface area contributed by atoms with E-state index in [0.717, 1.165) is 14.6 Å². The van der Waals surface area contributed by atoms with Crippen molar-refractivity contribution in [2.75, 3.05) is 0 Å². The van der Waals surface area contributed by atoms with Crippen molar-refractivity contribution in [3.05, 3.63) is 27.3 Å². The molecule has 0 saturated heterocycles. The van der Waals surface area contributed by atoms with Crippen LogP contribution in [0.5, 0.6) is 0 Å². The molecule has 0 saturated carbocycles. The topological polar surface area (TPSA) is 23.8 Å². The van der Waals surface area contributed by atoms with Crippen molar-refractivity contribution in [3.8, 4) is 6.07 Å². The minimum Gasteiger partial charge on any atom is -0.192 e. The molecule has 0 N–H and O–H groups in total. The van der Waals surface area contributed by atoms with Crippen LogP contribution in [0.3, 0.4) is 0 Å². The Bertz CT molecular complexity index is 290. The van der Waals surface area contributed by atoms with Crippen LogP contribution in [0.2, 0.25) is 0 Å². The van der Waals surface area contributed by atoms with Crippen LogP contribution in [0.25, 0.3) is 0 Å². The highest BCUT2D eigenvalue weighted by atomic mass is 127. The fourth-order valence-corrected chi connectivity index (χ4v) is 1.18. The zero-order valence-corrected chi connectivity index (χ0v) is 7.71. The Morgan fingerprint density at radius 2 is 2.20 bits per heavy atom. The number of halogens is 1. The predicted molar refractivity (Wildman–Crippen MR) is 52.1 cm³/mol. The average Bonchev–Trinajstić information content (AvgIpc) is 1.94. The first-order valence-corrected chi connectivity index (χ1v) is 3.98. The summed E-state index contributed by atoms with van der Waals surface area (Å²) in [4.78, 5) is 0. The molecule has 0 fully saturated rings. The quantitative estimate of drug-likeness (QED) is 0.477. The van der Waals surface area contributed by atoms with E-state index in [9.17, 15) is 0 Å². The van der Waals surface area contributed by atoms with E-state index in [-0.39, 0.29) is 0 Å². The summed E-state index contributed by atoms with van der Waals surface area (Å²) in [6, 6.07) is 7.97. The molecular formula is C7H5BIN. The highest BCUT2D eigenvalue weighted by molar-refractivity contribution is 14.1. The molecule has 0 unspecified atom stereocenters. The van der Waals surface area contributed by atoms with E-state index >= 15 is 0 Å². The van der Waals surface area contributed by atoms with Gasteiger partial charge in [-0.05, 0) is 34.7 Å². The van der Waals surface area contributed by atoms with Crippen LogP contribution in [0, 0.1) is 14.9 Å². The Kier molecular flexibility index (Phi) is 2.33. The maximum absolute atomic E-state index is 8.59. The van der Waals surface area contributed by atoms with E-state index < -0.39 is 0 Å². The van der Waals surface area contributed by atoms with Gasteiger partial charge in [0.1, 0.15) is 13.9 Å². The summed E-state index contributed by atoms with van der Waals surface area (Å²) < 4.78 is 1.02. The van der Waals surface area contributed by atoms with Crippen molar-refractivity contribution < 1.29 is 0 Å². The Morgan fingerprint density at radius 1 is 1.50 bits per heavy atom. The molecule has 0 radical (unpaired) electrons. The van der Waals surface area contributed by atoms with Gasteiger partial charge in [-0.15, -0.1) is 0 Å². The maximum Gasteiger partial charge on any atom is 0.139 e. The first-order valence-electron chi connectivity index (χ1n) is 2.90. The van der Waals surface area contributed by atoms with Crippen molar-refractivity contribution in [3.63, 3.8) is 0 Å². The van der Waals surface area contributed by atoms with Gasteiger partial charge in [0.25, 0.3) is 0 Å². The van der Waals surface area contributed by atoms with Gasteiger partial charge in [-0.25, -0.2) is 0 Å². The molecule has 0 atom stereocenters. The lowest BCUT2D eigenvalue weighted by Gasteiger charge is -1.94.